The van der Waals surface area contributed by atoms with E-state index in [1.54, 1.807) is 22.9 Å². The second-order valence-electron chi connectivity index (χ2n) is 10.1. The van der Waals surface area contributed by atoms with Crippen LogP contribution in [0.25, 0.3) is 22.2 Å². The van der Waals surface area contributed by atoms with Gasteiger partial charge in [-0.25, -0.2) is 18.2 Å². The number of rotatable bonds is 10. The van der Waals surface area contributed by atoms with Crippen LogP contribution >= 0.6 is 0 Å². The van der Waals surface area contributed by atoms with Crippen molar-refractivity contribution in [3.05, 3.63) is 36.0 Å². The zero-order valence-electron chi connectivity index (χ0n) is 21.0. The molecule has 0 aliphatic heterocycles. The van der Waals surface area contributed by atoms with Crippen LogP contribution in [0.5, 0.6) is 11.5 Å². The number of pyridine rings is 1. The number of ether oxygens (including phenoxy) is 3. The minimum absolute atomic E-state index is 0.0974. The highest BCUT2D eigenvalue weighted by molar-refractivity contribution is 6.76. The summed E-state index contributed by atoms with van der Waals surface area (Å²) in [7, 11) is 1.27. The monoisotopic (exact) mass is 521 g/mol. The van der Waals surface area contributed by atoms with Gasteiger partial charge in [-0.3, -0.25) is 4.79 Å². The van der Waals surface area contributed by atoms with Crippen molar-refractivity contribution < 1.29 is 32.2 Å². The van der Waals surface area contributed by atoms with Gasteiger partial charge in [-0.1, -0.05) is 19.6 Å². The number of amides is 1. The van der Waals surface area contributed by atoms with E-state index in [1.165, 1.54) is 14.2 Å². The smallest absolute Gasteiger partial charge is 0.231 e. The molecule has 0 radical (unpaired) electrons. The molecule has 1 aromatic carbocycles. The zero-order chi connectivity index (χ0) is 26.2. The van der Waals surface area contributed by atoms with Crippen LogP contribution < -0.4 is 14.8 Å². The highest BCUT2D eigenvalue weighted by Gasteiger charge is 2.43. The summed E-state index contributed by atoms with van der Waals surface area (Å²) in [6.07, 6.45) is 0.728. The van der Waals surface area contributed by atoms with E-state index >= 15 is 0 Å². The lowest BCUT2D eigenvalue weighted by Crippen LogP contribution is -2.22. The number of carbonyl (C=O) groups excluding carboxylic acids is 1. The largest absolute Gasteiger partial charge is 0.493 e. The first kappa shape index (κ1) is 26.0. The fourth-order valence-electron chi connectivity index (χ4n) is 3.95. The maximum Gasteiger partial charge on any atom is 0.231 e. The molecule has 0 bridgehead atoms. The summed E-state index contributed by atoms with van der Waals surface area (Å²) < 4.78 is 60.8. The molecule has 1 aliphatic rings. The average Bonchev–Trinajstić information content (AvgIpc) is 3.44. The number of benzene rings is 1. The maximum atomic E-state index is 14.7. The molecule has 194 valence electrons. The molecular weight excluding hydrogens is 491 g/mol. The Kier molecular flexibility index (Phi) is 7.33. The zero-order valence-corrected chi connectivity index (χ0v) is 22.0. The van der Waals surface area contributed by atoms with Crippen LogP contribution in [0.4, 0.5) is 19.0 Å². The van der Waals surface area contributed by atoms with Crippen LogP contribution in [0.3, 0.4) is 0 Å². The third kappa shape index (κ3) is 5.36. The molecule has 0 saturated heterocycles. The van der Waals surface area contributed by atoms with Crippen molar-refractivity contribution in [2.75, 3.05) is 26.1 Å². The molecule has 11 heteroatoms. The maximum absolute atomic E-state index is 14.7. The Hall–Kier alpha value is -3.05. The molecule has 2 heterocycles. The molecular formula is C25H30F3N3O4Si. The number of carbonyl (C=O) groups is 1. The Morgan fingerprint density at radius 3 is 2.36 bits per heavy atom. The summed E-state index contributed by atoms with van der Waals surface area (Å²) >= 11 is 0. The Morgan fingerprint density at radius 1 is 1.17 bits per heavy atom. The first-order valence-corrected chi connectivity index (χ1v) is 15.4. The van der Waals surface area contributed by atoms with Gasteiger partial charge in [-0.2, -0.15) is 0 Å². The lowest BCUT2D eigenvalue weighted by molar-refractivity contribution is -0.117. The van der Waals surface area contributed by atoms with Gasteiger partial charge in [-0.15, -0.1) is 0 Å². The predicted molar refractivity (Wildman–Crippen MR) is 134 cm³/mol. The van der Waals surface area contributed by atoms with E-state index in [1.807, 2.05) is 0 Å². The summed E-state index contributed by atoms with van der Waals surface area (Å²) in [5.41, 5.74) is 0.930. The first-order valence-electron chi connectivity index (χ1n) is 11.7. The van der Waals surface area contributed by atoms with E-state index in [0.29, 0.717) is 29.3 Å². The molecule has 1 N–H and O–H groups in total. The summed E-state index contributed by atoms with van der Waals surface area (Å²) in [5.74, 6) is -2.96. The molecule has 1 amide bonds. The molecule has 0 spiro atoms. The number of methoxy groups -OCH3 is 2. The average molecular weight is 522 g/mol. The van der Waals surface area contributed by atoms with Gasteiger partial charge in [0.05, 0.1) is 25.7 Å². The standard InChI is InChI=1S/C25H30F3N3O4Si/c1-33-22-18(27)11-19(28)23(34-2)21(22)16-12-31(13-35-8-9-36(3,4)5)24-14(16)6-7-20(29-24)30-25(32)15-10-17(15)26/h6-7,11-12,15,17H,8-10,13H2,1-5H3,(H,29,30,32)/t15-,17+/m1/s1. The van der Waals surface area contributed by atoms with Gasteiger partial charge >= 0.3 is 0 Å². The molecule has 1 aliphatic carbocycles. The number of nitrogens with zero attached hydrogens (tertiary/aromatic N) is 2. The van der Waals surface area contributed by atoms with Crippen molar-refractivity contribution in [2.45, 2.75) is 45.0 Å². The third-order valence-corrected chi connectivity index (χ3v) is 7.77. The van der Waals surface area contributed by atoms with Gasteiger partial charge in [-0.05, 0) is 24.6 Å². The van der Waals surface area contributed by atoms with E-state index in [9.17, 15) is 18.0 Å². The van der Waals surface area contributed by atoms with Gasteiger partial charge in [0.15, 0.2) is 23.1 Å². The number of hydrogen-bond acceptors (Lipinski definition) is 5. The second-order valence-corrected chi connectivity index (χ2v) is 15.7. The minimum Gasteiger partial charge on any atom is -0.493 e. The summed E-state index contributed by atoms with van der Waals surface area (Å²) in [6, 6.07) is 4.90. The molecule has 4 rings (SSSR count). The second kappa shape index (κ2) is 10.1. The van der Waals surface area contributed by atoms with Crippen molar-refractivity contribution in [3.63, 3.8) is 0 Å². The molecule has 0 unspecified atom stereocenters. The predicted octanol–water partition coefficient (Wildman–Crippen LogP) is 5.61. The Bertz CT molecular complexity index is 1260. The molecule has 36 heavy (non-hydrogen) atoms. The summed E-state index contributed by atoms with van der Waals surface area (Å²) in [6.45, 7) is 7.41. The molecule has 2 aromatic heterocycles. The van der Waals surface area contributed by atoms with E-state index in [4.69, 9.17) is 14.2 Å². The molecule has 1 saturated carbocycles. The van der Waals surface area contributed by atoms with Crippen molar-refractivity contribution in [1.29, 1.82) is 0 Å². The van der Waals surface area contributed by atoms with Crippen molar-refractivity contribution in [1.82, 2.24) is 9.55 Å². The third-order valence-electron chi connectivity index (χ3n) is 6.07. The number of halogens is 3. The van der Waals surface area contributed by atoms with Crippen LogP contribution in [0.1, 0.15) is 6.42 Å². The topological polar surface area (TPSA) is 74.6 Å². The molecule has 3 aromatic rings. The van der Waals surface area contributed by atoms with Crippen LogP contribution in [0.2, 0.25) is 25.7 Å². The number of aromatic nitrogens is 2. The number of nitrogens with one attached hydrogen (secondary N) is 1. The fourth-order valence-corrected chi connectivity index (χ4v) is 4.71. The number of anilines is 1. The Labute approximate surface area is 208 Å². The quantitative estimate of drug-likeness (QED) is 0.277. The van der Waals surface area contributed by atoms with Crippen molar-refractivity contribution in [2.24, 2.45) is 5.92 Å². The van der Waals surface area contributed by atoms with Gasteiger partial charge in [0, 0.05) is 37.9 Å². The SMILES string of the molecule is COc1c(F)cc(F)c(OC)c1-c1cn(COCC[Si](C)(C)C)c2nc(NC(=O)[C@@H]3C[C@@H]3F)ccc12. The molecule has 2 atom stereocenters. The summed E-state index contributed by atoms with van der Waals surface area (Å²) in [5, 5.41) is 3.19. The van der Waals surface area contributed by atoms with Crippen molar-refractivity contribution in [3.8, 4) is 22.6 Å². The van der Waals surface area contributed by atoms with E-state index in [-0.39, 0.29) is 36.0 Å². The van der Waals surface area contributed by atoms with E-state index in [0.717, 1.165) is 6.04 Å². The van der Waals surface area contributed by atoms with Gasteiger partial charge in [0.2, 0.25) is 5.91 Å². The number of hydrogen-bond donors (Lipinski definition) is 1. The Morgan fingerprint density at radius 2 is 1.81 bits per heavy atom. The lowest BCUT2D eigenvalue weighted by atomic mass is 10.0. The normalized spacial score (nSPS) is 17.3. The Balaban J connectivity index is 1.79. The van der Waals surface area contributed by atoms with Gasteiger partial charge in [0.25, 0.3) is 0 Å². The number of alkyl halides is 1. The van der Waals surface area contributed by atoms with Gasteiger partial charge < -0.3 is 24.1 Å². The lowest BCUT2D eigenvalue weighted by Gasteiger charge is -2.15. The van der Waals surface area contributed by atoms with Crippen LogP contribution in [-0.4, -0.2) is 50.5 Å². The first-order chi connectivity index (χ1) is 17.0. The molecule has 7 nitrogen and oxygen atoms in total. The van der Waals surface area contributed by atoms with E-state index in [2.05, 4.69) is 29.9 Å². The number of fused-ring (bicyclic) bond motifs is 1. The van der Waals surface area contributed by atoms with Gasteiger partial charge in [0.1, 0.15) is 24.4 Å². The fraction of sp³-hybridized carbons (Fsp3) is 0.440. The highest BCUT2D eigenvalue weighted by atomic mass is 28.3. The van der Waals surface area contributed by atoms with Crippen LogP contribution in [0.15, 0.2) is 24.4 Å². The van der Waals surface area contributed by atoms with E-state index < -0.39 is 37.7 Å². The summed E-state index contributed by atoms with van der Waals surface area (Å²) in [4.78, 5) is 16.8. The minimum atomic E-state index is -1.32. The van der Waals surface area contributed by atoms with Crippen molar-refractivity contribution >= 4 is 30.8 Å². The van der Waals surface area contributed by atoms with Crippen LogP contribution in [0, 0.1) is 17.6 Å². The molecule has 1 fully saturated rings. The van der Waals surface area contributed by atoms with Crippen LogP contribution in [-0.2, 0) is 16.3 Å². The highest BCUT2D eigenvalue weighted by Crippen LogP contribution is 2.45.